The predicted molar refractivity (Wildman–Crippen MR) is 66.0 cm³/mol. The quantitative estimate of drug-likeness (QED) is 0.882. The Morgan fingerprint density at radius 3 is 2.78 bits per heavy atom. The van der Waals surface area contributed by atoms with Crippen LogP contribution in [-0.2, 0) is 9.53 Å². The van der Waals surface area contributed by atoms with Gasteiger partial charge in [0, 0.05) is 6.61 Å². The highest BCUT2D eigenvalue weighted by Gasteiger charge is 2.24. The van der Waals surface area contributed by atoms with Gasteiger partial charge >= 0.3 is 5.97 Å². The minimum atomic E-state index is -1.06. The molecule has 1 saturated heterocycles. The Balaban J connectivity index is 2.09. The minimum absolute atomic E-state index is 0.0788. The number of hydrogen-bond donors (Lipinski definition) is 2. The number of carbonyl (C=O) groups excluding carboxylic acids is 1. The van der Waals surface area contributed by atoms with E-state index in [4.69, 9.17) is 21.4 Å². The predicted octanol–water partition coefficient (Wildman–Crippen LogP) is 2.16. The number of carboxylic acid groups (broad SMARTS) is 1. The van der Waals surface area contributed by atoms with Gasteiger partial charge in [-0.1, -0.05) is 11.6 Å². The molecule has 0 aromatic heterocycles. The van der Waals surface area contributed by atoms with Crippen LogP contribution in [0.5, 0.6) is 0 Å². The monoisotopic (exact) mass is 269 g/mol. The fourth-order valence-corrected chi connectivity index (χ4v) is 1.97. The molecule has 0 bridgehead atoms. The maximum Gasteiger partial charge on any atom is 0.335 e. The van der Waals surface area contributed by atoms with E-state index in [1.54, 1.807) is 0 Å². The zero-order chi connectivity index (χ0) is 13.1. The van der Waals surface area contributed by atoms with Gasteiger partial charge in [-0.2, -0.15) is 0 Å². The van der Waals surface area contributed by atoms with Crippen molar-refractivity contribution in [2.75, 3.05) is 11.9 Å². The molecule has 0 saturated carbocycles. The first-order valence-corrected chi connectivity index (χ1v) is 5.91. The largest absolute Gasteiger partial charge is 0.478 e. The molecule has 1 aromatic carbocycles. The molecule has 1 aromatic rings. The zero-order valence-corrected chi connectivity index (χ0v) is 10.2. The molecule has 1 fully saturated rings. The lowest BCUT2D eigenvalue weighted by atomic mass is 10.2. The summed E-state index contributed by atoms with van der Waals surface area (Å²) in [4.78, 5) is 22.5. The first-order chi connectivity index (χ1) is 8.58. The molecule has 1 amide bonds. The van der Waals surface area contributed by atoms with E-state index in [0.29, 0.717) is 18.7 Å². The molecule has 5 nitrogen and oxygen atoms in total. The molecule has 2 N–H and O–H groups in total. The van der Waals surface area contributed by atoms with Crippen molar-refractivity contribution in [3.05, 3.63) is 28.8 Å². The van der Waals surface area contributed by atoms with Gasteiger partial charge < -0.3 is 15.2 Å². The number of amides is 1. The van der Waals surface area contributed by atoms with E-state index in [1.165, 1.54) is 18.2 Å². The Morgan fingerprint density at radius 1 is 1.44 bits per heavy atom. The molecule has 18 heavy (non-hydrogen) atoms. The first kappa shape index (κ1) is 12.9. The Hall–Kier alpha value is -1.59. The van der Waals surface area contributed by atoms with Gasteiger partial charge in [0.25, 0.3) is 5.91 Å². The van der Waals surface area contributed by atoms with E-state index < -0.39 is 12.1 Å². The molecular weight excluding hydrogens is 258 g/mol. The number of hydrogen-bond acceptors (Lipinski definition) is 3. The Bertz CT molecular complexity index is 483. The number of rotatable bonds is 3. The summed E-state index contributed by atoms with van der Waals surface area (Å²) in [5.74, 6) is -1.31. The first-order valence-electron chi connectivity index (χ1n) is 5.53. The molecule has 1 atom stereocenters. The maximum absolute atomic E-state index is 11.8. The number of carboxylic acids is 1. The Morgan fingerprint density at radius 2 is 2.22 bits per heavy atom. The van der Waals surface area contributed by atoms with Crippen LogP contribution in [0.3, 0.4) is 0 Å². The lowest BCUT2D eigenvalue weighted by Gasteiger charge is -2.11. The third-order valence-corrected chi connectivity index (χ3v) is 3.01. The highest BCUT2D eigenvalue weighted by atomic mass is 35.5. The number of anilines is 1. The summed E-state index contributed by atoms with van der Waals surface area (Å²) in [5, 5.41) is 11.6. The summed E-state index contributed by atoms with van der Waals surface area (Å²) in [6, 6.07) is 4.16. The lowest BCUT2D eigenvalue weighted by molar-refractivity contribution is -0.124. The van der Waals surface area contributed by atoms with E-state index in [1.807, 2.05) is 0 Å². The average Bonchev–Trinajstić information content (AvgIpc) is 2.85. The fraction of sp³-hybridized carbons (Fsp3) is 0.333. The SMILES string of the molecule is O=C(O)c1ccc(NC(=O)[C@H]2CCCO2)c(Cl)c1. The van der Waals surface area contributed by atoms with Crippen molar-refractivity contribution < 1.29 is 19.4 Å². The van der Waals surface area contributed by atoms with Gasteiger partial charge in [-0.05, 0) is 31.0 Å². The highest BCUT2D eigenvalue weighted by Crippen LogP contribution is 2.24. The average molecular weight is 270 g/mol. The summed E-state index contributed by atoms with van der Waals surface area (Å²) in [5.41, 5.74) is 0.470. The number of benzene rings is 1. The fourth-order valence-electron chi connectivity index (χ4n) is 1.75. The highest BCUT2D eigenvalue weighted by molar-refractivity contribution is 6.34. The smallest absolute Gasteiger partial charge is 0.335 e. The van der Waals surface area contributed by atoms with Gasteiger partial charge in [0.15, 0.2) is 0 Å². The standard InChI is InChI=1S/C12H12ClNO4/c13-8-6-7(12(16)17)3-4-9(8)14-11(15)10-2-1-5-18-10/h3-4,6,10H,1-2,5H2,(H,14,15)(H,16,17)/t10-/m1/s1. The van der Waals surface area contributed by atoms with Crippen molar-refractivity contribution in [3.63, 3.8) is 0 Å². The minimum Gasteiger partial charge on any atom is -0.478 e. The van der Waals surface area contributed by atoms with Crippen LogP contribution >= 0.6 is 11.6 Å². The number of carbonyl (C=O) groups is 2. The summed E-state index contributed by atoms with van der Waals surface area (Å²) in [7, 11) is 0. The molecule has 0 unspecified atom stereocenters. The lowest BCUT2D eigenvalue weighted by Crippen LogP contribution is -2.27. The molecule has 1 aliphatic rings. The molecule has 1 aliphatic heterocycles. The number of ether oxygens (including phenoxy) is 1. The van der Waals surface area contributed by atoms with Crippen LogP contribution in [0.1, 0.15) is 23.2 Å². The van der Waals surface area contributed by atoms with E-state index in [9.17, 15) is 9.59 Å². The van der Waals surface area contributed by atoms with Crippen LogP contribution in [-0.4, -0.2) is 29.7 Å². The number of nitrogens with one attached hydrogen (secondary N) is 1. The molecular formula is C12H12ClNO4. The van der Waals surface area contributed by atoms with E-state index >= 15 is 0 Å². The Kier molecular flexibility index (Phi) is 3.84. The summed E-state index contributed by atoms with van der Waals surface area (Å²) in [6.07, 6.45) is 1.11. The summed E-state index contributed by atoms with van der Waals surface area (Å²) in [6.45, 7) is 0.587. The van der Waals surface area contributed by atoms with Gasteiger partial charge in [-0.3, -0.25) is 4.79 Å². The third-order valence-electron chi connectivity index (χ3n) is 2.70. The van der Waals surface area contributed by atoms with Gasteiger partial charge in [0.05, 0.1) is 16.3 Å². The van der Waals surface area contributed by atoms with Crippen LogP contribution in [0.4, 0.5) is 5.69 Å². The third kappa shape index (κ3) is 2.80. The van der Waals surface area contributed by atoms with Crippen LogP contribution in [0.15, 0.2) is 18.2 Å². The second-order valence-electron chi connectivity index (χ2n) is 3.99. The molecule has 0 aliphatic carbocycles. The van der Waals surface area contributed by atoms with Crippen LogP contribution in [0.25, 0.3) is 0 Å². The normalized spacial score (nSPS) is 18.6. The molecule has 0 spiro atoms. The summed E-state index contributed by atoms with van der Waals surface area (Å²) < 4.78 is 5.24. The van der Waals surface area contributed by atoms with Gasteiger partial charge in [0.1, 0.15) is 6.10 Å². The second-order valence-corrected chi connectivity index (χ2v) is 4.40. The van der Waals surface area contributed by atoms with Crippen molar-refractivity contribution in [1.82, 2.24) is 0 Å². The number of aromatic carboxylic acids is 1. The molecule has 96 valence electrons. The van der Waals surface area contributed by atoms with Crippen LogP contribution in [0, 0.1) is 0 Å². The van der Waals surface area contributed by atoms with E-state index in [-0.39, 0.29) is 16.5 Å². The van der Waals surface area contributed by atoms with Gasteiger partial charge in [-0.15, -0.1) is 0 Å². The maximum atomic E-state index is 11.8. The van der Waals surface area contributed by atoms with Crippen molar-refractivity contribution >= 4 is 29.2 Å². The topological polar surface area (TPSA) is 75.6 Å². The van der Waals surface area contributed by atoms with Crippen molar-refractivity contribution in [2.45, 2.75) is 18.9 Å². The number of halogens is 1. The van der Waals surface area contributed by atoms with Crippen molar-refractivity contribution in [3.8, 4) is 0 Å². The van der Waals surface area contributed by atoms with Gasteiger partial charge in [0.2, 0.25) is 0 Å². The van der Waals surface area contributed by atoms with E-state index in [0.717, 1.165) is 6.42 Å². The van der Waals surface area contributed by atoms with E-state index in [2.05, 4.69) is 5.32 Å². The zero-order valence-electron chi connectivity index (χ0n) is 9.48. The molecule has 2 rings (SSSR count). The summed E-state index contributed by atoms with van der Waals surface area (Å²) >= 11 is 5.91. The van der Waals surface area contributed by atoms with Crippen molar-refractivity contribution in [2.24, 2.45) is 0 Å². The Labute approximate surface area is 109 Å². The molecule has 1 heterocycles. The van der Waals surface area contributed by atoms with Gasteiger partial charge in [-0.25, -0.2) is 4.79 Å². The molecule has 0 radical (unpaired) electrons. The van der Waals surface area contributed by atoms with Crippen molar-refractivity contribution in [1.29, 1.82) is 0 Å². The van der Waals surface area contributed by atoms with Crippen LogP contribution in [0.2, 0.25) is 5.02 Å². The molecule has 6 heteroatoms. The second kappa shape index (κ2) is 5.37. The van der Waals surface area contributed by atoms with Crippen LogP contribution < -0.4 is 5.32 Å².